The molecule has 60 heavy (non-hydrogen) atoms. The van der Waals surface area contributed by atoms with Gasteiger partial charge >= 0.3 is 0 Å². The monoisotopic (exact) mass is 761 g/mol. The number of fused-ring (bicyclic) bond motifs is 5. The molecular weight excluding hydrogens is 727 g/mol. The molecule has 1 aromatic heterocycles. The first-order chi connectivity index (χ1) is 29.8. The molecule has 0 atom stereocenters. The zero-order chi connectivity index (χ0) is 39.3. The van der Waals surface area contributed by atoms with Crippen LogP contribution in [0.15, 0.2) is 217 Å². The number of hydrogen-bond donors (Lipinski definition) is 0. The normalized spacial score (nSPS) is 12.0. The van der Waals surface area contributed by atoms with Gasteiger partial charge < -0.3 is 9.32 Å². The van der Waals surface area contributed by atoms with Crippen LogP contribution in [0.1, 0.15) is 0 Å². The maximum absolute atomic E-state index is 6.31. The number of para-hydroxylation sites is 2. The number of furan rings is 1. The highest BCUT2D eigenvalue weighted by Crippen LogP contribution is 2.50. The first-order valence-electron chi connectivity index (χ1n) is 20.7. The van der Waals surface area contributed by atoms with Gasteiger partial charge in [-0.25, -0.2) is 0 Å². The van der Waals surface area contributed by atoms with Crippen molar-refractivity contribution >= 4 is 104 Å². The lowest BCUT2D eigenvalue weighted by atomic mass is 9.87. The lowest BCUT2D eigenvalue weighted by Gasteiger charge is -2.30. The van der Waals surface area contributed by atoms with Crippen molar-refractivity contribution in [2.75, 3.05) is 4.90 Å². The molecule has 0 unspecified atom stereocenters. The molecule has 13 rings (SSSR count). The SMILES string of the molecule is c1ccc(-c2ccccc2N(c2ccc(-c3cccc4oc5ccccc5c34)cc2)c2cc3cccc4c5cccc6ccc7cccc(c8cccc2c8c34)c7c65)cc1. The van der Waals surface area contributed by atoms with Gasteiger partial charge in [0.1, 0.15) is 11.2 Å². The highest BCUT2D eigenvalue weighted by atomic mass is 16.3. The molecule has 0 aliphatic heterocycles. The van der Waals surface area contributed by atoms with Crippen LogP contribution < -0.4 is 4.90 Å². The molecule has 0 aliphatic rings. The summed E-state index contributed by atoms with van der Waals surface area (Å²) in [4.78, 5) is 2.49. The van der Waals surface area contributed by atoms with Crippen LogP contribution >= 0.6 is 0 Å². The third-order valence-electron chi connectivity index (χ3n) is 12.8. The Morgan fingerprint density at radius 2 is 0.800 bits per heavy atom. The minimum absolute atomic E-state index is 0.900. The molecule has 0 bridgehead atoms. The molecule has 0 N–H and O–H groups in total. The van der Waals surface area contributed by atoms with Crippen LogP contribution in [0.5, 0.6) is 0 Å². The summed E-state index contributed by atoms with van der Waals surface area (Å²) in [5.74, 6) is 0. The van der Waals surface area contributed by atoms with Gasteiger partial charge in [-0.15, -0.1) is 0 Å². The summed E-state index contributed by atoms with van der Waals surface area (Å²) in [5, 5.41) is 17.5. The Morgan fingerprint density at radius 3 is 1.55 bits per heavy atom. The Bertz CT molecular complexity index is 3820. The van der Waals surface area contributed by atoms with E-state index in [2.05, 4.69) is 211 Å². The molecule has 0 fully saturated rings. The van der Waals surface area contributed by atoms with Crippen molar-refractivity contribution in [2.45, 2.75) is 0 Å². The van der Waals surface area contributed by atoms with Crippen molar-refractivity contribution in [2.24, 2.45) is 0 Å². The van der Waals surface area contributed by atoms with Gasteiger partial charge in [0, 0.05) is 32.8 Å². The minimum atomic E-state index is 0.900. The molecule has 1 heterocycles. The van der Waals surface area contributed by atoms with Crippen LogP contribution in [0, 0.1) is 0 Å². The minimum Gasteiger partial charge on any atom is -0.456 e. The van der Waals surface area contributed by atoms with Crippen LogP contribution in [0.2, 0.25) is 0 Å². The number of benzene rings is 11. The summed E-state index contributed by atoms with van der Waals surface area (Å²) >= 11 is 0. The molecule has 0 aliphatic carbocycles. The third-order valence-corrected chi connectivity index (χ3v) is 12.8. The fraction of sp³-hybridized carbons (Fsp3) is 0. The van der Waals surface area contributed by atoms with Gasteiger partial charge in [-0.05, 0) is 107 Å². The zero-order valence-electron chi connectivity index (χ0n) is 32.6. The molecule has 2 nitrogen and oxygen atoms in total. The van der Waals surface area contributed by atoms with Gasteiger partial charge in [0.05, 0.1) is 11.4 Å². The van der Waals surface area contributed by atoms with Crippen molar-refractivity contribution in [1.29, 1.82) is 0 Å². The summed E-state index contributed by atoms with van der Waals surface area (Å²) in [5.41, 5.74) is 9.78. The summed E-state index contributed by atoms with van der Waals surface area (Å²) in [6, 6.07) is 77.8. The van der Waals surface area contributed by atoms with E-state index in [1.807, 2.05) is 6.07 Å². The van der Waals surface area contributed by atoms with E-state index in [1.165, 1.54) is 75.8 Å². The quantitative estimate of drug-likeness (QED) is 0.162. The second kappa shape index (κ2) is 12.8. The molecule has 12 aromatic carbocycles. The predicted molar refractivity (Wildman–Crippen MR) is 255 cm³/mol. The maximum Gasteiger partial charge on any atom is 0.136 e. The van der Waals surface area contributed by atoms with Crippen LogP contribution in [-0.2, 0) is 0 Å². The summed E-state index contributed by atoms with van der Waals surface area (Å²) < 4.78 is 6.31. The van der Waals surface area contributed by atoms with E-state index in [1.54, 1.807) is 0 Å². The number of anilines is 3. The van der Waals surface area contributed by atoms with E-state index in [0.717, 1.165) is 50.1 Å². The first-order valence-corrected chi connectivity index (χ1v) is 20.7. The van der Waals surface area contributed by atoms with Crippen LogP contribution in [0.4, 0.5) is 17.1 Å². The van der Waals surface area contributed by atoms with Crippen molar-refractivity contribution in [3.8, 4) is 22.3 Å². The zero-order valence-corrected chi connectivity index (χ0v) is 32.6. The Morgan fingerprint density at radius 1 is 0.283 bits per heavy atom. The van der Waals surface area contributed by atoms with E-state index in [-0.39, 0.29) is 0 Å². The highest BCUT2D eigenvalue weighted by Gasteiger charge is 2.23. The fourth-order valence-corrected chi connectivity index (χ4v) is 10.2. The summed E-state index contributed by atoms with van der Waals surface area (Å²) in [6.45, 7) is 0. The smallest absolute Gasteiger partial charge is 0.136 e. The predicted octanol–water partition coefficient (Wildman–Crippen LogP) is 16.7. The summed E-state index contributed by atoms with van der Waals surface area (Å²) in [6.07, 6.45) is 0. The average molecular weight is 762 g/mol. The van der Waals surface area contributed by atoms with Crippen molar-refractivity contribution in [1.82, 2.24) is 0 Å². The summed E-state index contributed by atoms with van der Waals surface area (Å²) in [7, 11) is 0. The van der Waals surface area contributed by atoms with E-state index < -0.39 is 0 Å². The van der Waals surface area contributed by atoms with E-state index in [4.69, 9.17) is 4.42 Å². The van der Waals surface area contributed by atoms with Crippen LogP contribution in [-0.4, -0.2) is 0 Å². The second-order valence-electron chi connectivity index (χ2n) is 15.9. The molecule has 0 radical (unpaired) electrons. The van der Waals surface area contributed by atoms with Crippen molar-refractivity contribution in [3.63, 3.8) is 0 Å². The maximum atomic E-state index is 6.31. The number of rotatable bonds is 5. The lowest BCUT2D eigenvalue weighted by molar-refractivity contribution is 0.669. The van der Waals surface area contributed by atoms with E-state index in [0.29, 0.717) is 0 Å². The molecule has 0 amide bonds. The van der Waals surface area contributed by atoms with Gasteiger partial charge in [-0.1, -0.05) is 176 Å². The van der Waals surface area contributed by atoms with Crippen LogP contribution in [0.3, 0.4) is 0 Å². The second-order valence-corrected chi connectivity index (χ2v) is 15.9. The molecule has 0 saturated carbocycles. The highest BCUT2D eigenvalue weighted by molar-refractivity contribution is 6.38. The topological polar surface area (TPSA) is 16.4 Å². The van der Waals surface area contributed by atoms with Gasteiger partial charge in [-0.2, -0.15) is 0 Å². The van der Waals surface area contributed by atoms with Crippen molar-refractivity contribution in [3.05, 3.63) is 212 Å². The molecule has 278 valence electrons. The standard InChI is InChI=1S/C58H35NO/c1-2-13-36(14-3-1)42-18-4-6-26-50(42)59(41-33-31-37(32-34-41)43-20-12-28-53-57(43)49-19-5-7-27-52(49)60-53)51-35-40-17-10-23-45-44-21-8-15-38-29-30-39-16-9-22-46(55(39)54(38)44)47-24-11-25-48(51)58(47)56(40)45/h1-35H. The number of hydrogen-bond acceptors (Lipinski definition) is 2. The van der Waals surface area contributed by atoms with Gasteiger partial charge in [0.25, 0.3) is 0 Å². The molecule has 0 spiro atoms. The van der Waals surface area contributed by atoms with Gasteiger partial charge in [0.15, 0.2) is 0 Å². The van der Waals surface area contributed by atoms with E-state index >= 15 is 0 Å². The molecule has 2 heteroatoms. The van der Waals surface area contributed by atoms with Crippen LogP contribution in [0.25, 0.3) is 109 Å². The first kappa shape index (κ1) is 33.1. The van der Waals surface area contributed by atoms with Gasteiger partial charge in [-0.3, -0.25) is 0 Å². The molecular formula is C58H35NO. The Labute approximate surface area is 346 Å². The Balaban J connectivity index is 1.13. The average Bonchev–Trinajstić information content (AvgIpc) is 3.70. The third kappa shape index (κ3) is 4.76. The van der Waals surface area contributed by atoms with Gasteiger partial charge in [0.2, 0.25) is 0 Å². The fourth-order valence-electron chi connectivity index (χ4n) is 10.2. The van der Waals surface area contributed by atoms with Crippen molar-refractivity contribution < 1.29 is 4.42 Å². The molecule has 0 saturated heterocycles. The Kier molecular flexibility index (Phi) is 7.05. The molecule has 13 aromatic rings. The lowest BCUT2D eigenvalue weighted by Crippen LogP contribution is -2.12. The largest absolute Gasteiger partial charge is 0.456 e. The Hall–Kier alpha value is -7.94. The number of nitrogens with zero attached hydrogens (tertiary/aromatic N) is 1. The van der Waals surface area contributed by atoms with E-state index in [9.17, 15) is 0 Å².